The predicted molar refractivity (Wildman–Crippen MR) is 59.1 cm³/mol. The van der Waals surface area contributed by atoms with Crippen LogP contribution in [0.25, 0.3) is 10.9 Å². The molecule has 0 aliphatic carbocycles. The van der Waals surface area contributed by atoms with Crippen molar-refractivity contribution in [1.29, 1.82) is 0 Å². The first kappa shape index (κ1) is 9.27. The molecule has 4 heteroatoms. The molecule has 0 atom stereocenters. The van der Waals surface area contributed by atoms with E-state index in [0.29, 0.717) is 0 Å². The van der Waals surface area contributed by atoms with Gasteiger partial charge in [0.25, 0.3) is 5.56 Å². The monoisotopic (exact) mass is 253 g/mol. The van der Waals surface area contributed by atoms with Crippen molar-refractivity contribution in [2.45, 2.75) is 0 Å². The second-order valence-corrected chi connectivity index (χ2v) is 3.59. The number of hydrogen-bond donors (Lipinski definition) is 0. The van der Waals surface area contributed by atoms with Crippen LogP contribution < -0.4 is 10.3 Å². The summed E-state index contributed by atoms with van der Waals surface area (Å²) in [6.07, 6.45) is 0. The molecule has 1 aromatic heterocycles. The Bertz CT molecular complexity index is 533. The van der Waals surface area contributed by atoms with Crippen LogP contribution in [-0.4, -0.2) is 10.7 Å². The minimum Gasteiger partial charge on any atom is -0.497 e. The molecular formula is C10H8BrNO2. The van der Waals surface area contributed by atoms with E-state index in [-0.39, 0.29) is 5.56 Å². The number of nitrogens with zero attached hydrogens (tertiary/aromatic N) is 1. The van der Waals surface area contributed by atoms with Gasteiger partial charge in [-0.05, 0) is 23.6 Å². The fourth-order valence-corrected chi connectivity index (χ4v) is 1.73. The van der Waals surface area contributed by atoms with Crippen LogP contribution in [0.3, 0.4) is 0 Å². The van der Waals surface area contributed by atoms with Crippen LogP contribution in [-0.2, 0) is 0 Å². The van der Waals surface area contributed by atoms with E-state index in [9.17, 15) is 4.79 Å². The molecule has 0 saturated carbocycles. The smallest absolute Gasteiger partial charge is 0.261 e. The van der Waals surface area contributed by atoms with E-state index in [0.717, 1.165) is 16.7 Å². The Morgan fingerprint density at radius 3 is 2.71 bits per heavy atom. The van der Waals surface area contributed by atoms with Gasteiger partial charge in [0.05, 0.1) is 28.8 Å². The van der Waals surface area contributed by atoms with Crippen molar-refractivity contribution in [1.82, 2.24) is 3.59 Å². The number of rotatable bonds is 1. The van der Waals surface area contributed by atoms with Gasteiger partial charge in [0.2, 0.25) is 0 Å². The van der Waals surface area contributed by atoms with Crippen LogP contribution in [0.15, 0.2) is 35.1 Å². The first-order valence-corrected chi connectivity index (χ1v) is 4.79. The minimum atomic E-state index is -0.0919. The fraction of sp³-hybridized carbons (Fsp3) is 0.100. The fourth-order valence-electron chi connectivity index (χ4n) is 1.31. The molecule has 0 aliphatic rings. The molecule has 2 aromatic rings. The molecule has 0 N–H and O–H groups in total. The van der Waals surface area contributed by atoms with E-state index >= 15 is 0 Å². The molecule has 0 bridgehead atoms. The van der Waals surface area contributed by atoms with Crippen molar-refractivity contribution < 1.29 is 4.74 Å². The van der Waals surface area contributed by atoms with Crippen LogP contribution in [0.1, 0.15) is 0 Å². The number of hydrogen-bond acceptors (Lipinski definition) is 2. The summed E-state index contributed by atoms with van der Waals surface area (Å²) in [5.74, 6) is 0.733. The van der Waals surface area contributed by atoms with Crippen LogP contribution in [0.4, 0.5) is 0 Å². The second-order valence-electron chi connectivity index (χ2n) is 2.88. The third-order valence-electron chi connectivity index (χ3n) is 2.05. The molecule has 0 amide bonds. The molecule has 1 aromatic carbocycles. The molecule has 1 heterocycles. The van der Waals surface area contributed by atoms with Gasteiger partial charge in [-0.2, -0.15) is 0 Å². The first-order chi connectivity index (χ1) is 6.72. The normalized spacial score (nSPS) is 10.4. The molecular weight excluding hydrogens is 246 g/mol. The van der Waals surface area contributed by atoms with Gasteiger partial charge in [-0.3, -0.25) is 4.79 Å². The lowest BCUT2D eigenvalue weighted by Gasteiger charge is -2.04. The van der Waals surface area contributed by atoms with Crippen molar-refractivity contribution in [3.05, 3.63) is 40.7 Å². The maximum absolute atomic E-state index is 11.3. The summed E-state index contributed by atoms with van der Waals surface area (Å²) in [6.45, 7) is 0. The Hall–Kier alpha value is -1.29. The van der Waals surface area contributed by atoms with Gasteiger partial charge < -0.3 is 4.74 Å². The zero-order chi connectivity index (χ0) is 10.1. The highest BCUT2D eigenvalue weighted by Crippen LogP contribution is 2.19. The van der Waals surface area contributed by atoms with Crippen molar-refractivity contribution in [3.63, 3.8) is 0 Å². The topological polar surface area (TPSA) is 31.2 Å². The number of methoxy groups -OCH3 is 1. The average Bonchev–Trinajstić information content (AvgIpc) is 2.23. The Morgan fingerprint density at radius 1 is 1.29 bits per heavy atom. The zero-order valence-corrected chi connectivity index (χ0v) is 9.11. The SMILES string of the molecule is COc1ccc2ccc(=O)n(Br)c2c1. The standard InChI is InChI=1S/C10H8BrNO2/c1-14-8-4-2-7-3-5-10(13)12(11)9(7)6-8/h2-6H,1H3. The number of aromatic nitrogens is 1. The minimum absolute atomic E-state index is 0.0919. The Morgan fingerprint density at radius 2 is 2.00 bits per heavy atom. The Labute approximate surface area is 89.3 Å². The lowest BCUT2D eigenvalue weighted by Crippen LogP contribution is -2.10. The van der Waals surface area contributed by atoms with Gasteiger partial charge in [0, 0.05) is 12.1 Å². The summed E-state index contributed by atoms with van der Waals surface area (Å²) < 4.78 is 6.50. The van der Waals surface area contributed by atoms with Crippen LogP contribution in [0.2, 0.25) is 0 Å². The molecule has 3 nitrogen and oxygen atoms in total. The van der Waals surface area contributed by atoms with Crippen LogP contribution >= 0.6 is 16.1 Å². The molecule has 72 valence electrons. The number of halogens is 1. The molecule has 0 unspecified atom stereocenters. The van der Waals surface area contributed by atoms with Crippen molar-refractivity contribution >= 4 is 27.1 Å². The molecule has 0 aliphatic heterocycles. The summed E-state index contributed by atoms with van der Waals surface area (Å²) in [5.41, 5.74) is 0.711. The van der Waals surface area contributed by atoms with Crippen LogP contribution in [0, 0.1) is 0 Å². The van der Waals surface area contributed by atoms with Gasteiger partial charge in [-0.1, -0.05) is 0 Å². The number of fused-ring (bicyclic) bond motifs is 1. The summed E-state index contributed by atoms with van der Waals surface area (Å²) >= 11 is 3.19. The largest absolute Gasteiger partial charge is 0.497 e. The van der Waals surface area contributed by atoms with Crippen molar-refractivity contribution in [3.8, 4) is 5.75 Å². The van der Waals surface area contributed by atoms with Crippen LogP contribution in [0.5, 0.6) is 5.75 Å². The molecule has 0 radical (unpaired) electrons. The summed E-state index contributed by atoms with van der Waals surface area (Å²) in [7, 11) is 1.60. The highest BCUT2D eigenvalue weighted by molar-refractivity contribution is 9.08. The summed E-state index contributed by atoms with van der Waals surface area (Å²) in [6, 6.07) is 8.88. The predicted octanol–water partition coefficient (Wildman–Crippen LogP) is 2.17. The van der Waals surface area contributed by atoms with Gasteiger partial charge in [-0.25, -0.2) is 3.59 Å². The van der Waals surface area contributed by atoms with E-state index in [2.05, 4.69) is 16.1 Å². The van der Waals surface area contributed by atoms with Crippen molar-refractivity contribution in [2.75, 3.05) is 7.11 Å². The highest BCUT2D eigenvalue weighted by Gasteiger charge is 2.01. The number of ether oxygens (including phenoxy) is 1. The van der Waals surface area contributed by atoms with Crippen molar-refractivity contribution in [2.24, 2.45) is 0 Å². The number of benzene rings is 1. The van der Waals surface area contributed by atoms with Gasteiger partial charge in [0.1, 0.15) is 5.75 Å². The maximum atomic E-state index is 11.3. The average molecular weight is 254 g/mol. The summed E-state index contributed by atoms with van der Waals surface area (Å²) in [5, 5.41) is 0.988. The molecule has 2 rings (SSSR count). The summed E-state index contributed by atoms with van der Waals surface area (Å²) in [4.78, 5) is 11.3. The lowest BCUT2D eigenvalue weighted by atomic mass is 10.2. The number of pyridine rings is 1. The van der Waals surface area contributed by atoms with E-state index in [1.165, 1.54) is 9.66 Å². The zero-order valence-electron chi connectivity index (χ0n) is 7.53. The van der Waals surface area contributed by atoms with Gasteiger partial charge in [0.15, 0.2) is 0 Å². The van der Waals surface area contributed by atoms with Gasteiger partial charge >= 0.3 is 0 Å². The molecule has 0 saturated heterocycles. The van der Waals surface area contributed by atoms with E-state index in [1.807, 2.05) is 18.2 Å². The maximum Gasteiger partial charge on any atom is 0.261 e. The van der Waals surface area contributed by atoms with E-state index in [4.69, 9.17) is 4.74 Å². The molecule has 0 spiro atoms. The van der Waals surface area contributed by atoms with Gasteiger partial charge in [-0.15, -0.1) is 0 Å². The third kappa shape index (κ3) is 1.42. The third-order valence-corrected chi connectivity index (χ3v) is 2.78. The first-order valence-electron chi connectivity index (χ1n) is 4.08. The second kappa shape index (κ2) is 3.46. The Balaban J connectivity index is 2.84. The Kier molecular flexibility index (Phi) is 2.29. The lowest BCUT2D eigenvalue weighted by molar-refractivity contribution is 0.415. The molecule has 14 heavy (non-hydrogen) atoms. The quantitative estimate of drug-likeness (QED) is 0.780. The highest BCUT2D eigenvalue weighted by atomic mass is 79.9. The molecule has 0 fully saturated rings. The van der Waals surface area contributed by atoms with E-state index in [1.54, 1.807) is 13.2 Å². The van der Waals surface area contributed by atoms with E-state index < -0.39 is 0 Å².